The molecule has 2 heteroatoms. The first-order chi connectivity index (χ1) is 4.88. The van der Waals surface area contributed by atoms with Gasteiger partial charge in [-0.25, -0.2) is 0 Å². The Balaban J connectivity index is 2.03. The molecule has 2 aliphatic rings. The zero-order valence-corrected chi connectivity index (χ0v) is 6.77. The normalized spacial score (nSPS) is 41.7. The van der Waals surface area contributed by atoms with Gasteiger partial charge in [0.2, 0.25) is 0 Å². The van der Waals surface area contributed by atoms with Crippen LogP contribution in [0.4, 0.5) is 0 Å². The lowest BCUT2D eigenvalue weighted by Crippen LogP contribution is -3.15. The van der Waals surface area contributed by atoms with E-state index < -0.39 is 0 Å². The topological polar surface area (TPSA) is 7.68 Å². The van der Waals surface area contributed by atoms with Gasteiger partial charge in [0.25, 0.3) is 0 Å². The Labute approximate surface area is 62.8 Å². The lowest BCUT2D eigenvalue weighted by Gasteiger charge is -2.34. The van der Waals surface area contributed by atoms with Gasteiger partial charge in [0.1, 0.15) is 6.17 Å². The Morgan fingerprint density at radius 1 is 1.30 bits per heavy atom. The van der Waals surface area contributed by atoms with Crippen LogP contribution in [0.15, 0.2) is 0 Å². The maximum atomic E-state index is 2.65. The molecule has 2 heterocycles. The number of nitrogens with one attached hydrogen (secondary N) is 1. The van der Waals surface area contributed by atoms with Crippen molar-refractivity contribution in [2.45, 2.75) is 25.4 Å². The number of nitrogens with zero attached hydrogens (tertiary/aromatic N) is 1. The molecule has 0 aromatic heterocycles. The van der Waals surface area contributed by atoms with Crippen LogP contribution in [0, 0.1) is 0 Å². The summed E-state index contributed by atoms with van der Waals surface area (Å²) in [4.78, 5) is 4.39. The minimum Gasteiger partial charge on any atom is -0.322 e. The molecule has 0 saturated carbocycles. The zero-order chi connectivity index (χ0) is 6.97. The van der Waals surface area contributed by atoms with E-state index in [0.29, 0.717) is 0 Å². The second-order valence-electron chi connectivity index (χ2n) is 3.64. The van der Waals surface area contributed by atoms with E-state index in [1.54, 1.807) is 4.90 Å². The van der Waals surface area contributed by atoms with Crippen molar-refractivity contribution in [3.05, 3.63) is 0 Å². The fourth-order valence-electron chi connectivity index (χ4n) is 2.38. The summed E-state index contributed by atoms with van der Waals surface area (Å²) in [6.45, 7) is 4.12. The zero-order valence-electron chi connectivity index (χ0n) is 6.77. The van der Waals surface area contributed by atoms with E-state index in [1.807, 2.05) is 0 Å². The van der Waals surface area contributed by atoms with Crippen molar-refractivity contribution in [3.63, 3.8) is 0 Å². The highest BCUT2D eigenvalue weighted by molar-refractivity contribution is 4.72. The Morgan fingerprint density at radius 2 is 2.10 bits per heavy atom. The summed E-state index contributed by atoms with van der Waals surface area (Å²) >= 11 is 0. The van der Waals surface area contributed by atoms with E-state index in [4.69, 9.17) is 0 Å². The predicted molar refractivity (Wildman–Crippen MR) is 41.0 cm³/mol. The molecule has 2 unspecified atom stereocenters. The number of hydrogen-bond acceptors (Lipinski definition) is 1. The van der Waals surface area contributed by atoms with Crippen molar-refractivity contribution in [3.8, 4) is 0 Å². The second kappa shape index (κ2) is 2.51. The Hall–Kier alpha value is -0.0800. The highest BCUT2D eigenvalue weighted by atomic mass is 15.4. The first kappa shape index (κ1) is 6.62. The third-order valence-electron chi connectivity index (χ3n) is 2.95. The third-order valence-corrected chi connectivity index (χ3v) is 2.95. The molecule has 2 atom stereocenters. The maximum Gasteiger partial charge on any atom is 0.143 e. The quantitative estimate of drug-likeness (QED) is 0.470. The Kier molecular flexibility index (Phi) is 1.66. The van der Waals surface area contributed by atoms with Gasteiger partial charge in [-0.05, 0) is 6.42 Å². The maximum absolute atomic E-state index is 2.65. The van der Waals surface area contributed by atoms with Gasteiger partial charge in [-0.3, -0.25) is 4.90 Å². The Bertz CT molecular complexity index is 124. The molecule has 0 aromatic carbocycles. The van der Waals surface area contributed by atoms with Gasteiger partial charge in [-0.15, -0.1) is 0 Å². The van der Waals surface area contributed by atoms with Crippen molar-refractivity contribution < 1.29 is 4.90 Å². The molecule has 0 spiro atoms. The molecule has 1 N–H and O–H groups in total. The fraction of sp³-hybridized carbons (Fsp3) is 1.00. The van der Waals surface area contributed by atoms with Crippen LogP contribution in [0.2, 0.25) is 0 Å². The minimum absolute atomic E-state index is 0.883. The first-order valence-electron chi connectivity index (χ1n) is 4.44. The summed E-state index contributed by atoms with van der Waals surface area (Å²) in [5.41, 5.74) is 0. The molecule has 2 fully saturated rings. The average Bonchev–Trinajstić information content (AvgIpc) is 2.36. The van der Waals surface area contributed by atoms with Crippen molar-refractivity contribution >= 4 is 0 Å². The SMILES string of the molecule is C[NH+]1CCCN2CCCC21. The summed E-state index contributed by atoms with van der Waals surface area (Å²) < 4.78 is 0. The first-order valence-corrected chi connectivity index (χ1v) is 4.44. The molecule has 0 bridgehead atoms. The predicted octanol–water partition coefficient (Wildman–Crippen LogP) is -0.673. The summed E-state index contributed by atoms with van der Waals surface area (Å²) in [5, 5.41) is 0. The van der Waals surface area contributed by atoms with E-state index in [1.165, 1.54) is 38.9 Å². The molecule has 0 aliphatic carbocycles. The van der Waals surface area contributed by atoms with Crippen molar-refractivity contribution in [1.82, 2.24) is 4.90 Å². The molecule has 2 aliphatic heterocycles. The van der Waals surface area contributed by atoms with Crippen LogP contribution in [-0.2, 0) is 0 Å². The van der Waals surface area contributed by atoms with Crippen LogP contribution in [0.5, 0.6) is 0 Å². The second-order valence-corrected chi connectivity index (χ2v) is 3.64. The Morgan fingerprint density at radius 3 is 2.90 bits per heavy atom. The van der Waals surface area contributed by atoms with Crippen LogP contribution in [0.3, 0.4) is 0 Å². The molecular weight excluding hydrogens is 124 g/mol. The van der Waals surface area contributed by atoms with Gasteiger partial charge in [0.05, 0.1) is 13.6 Å². The summed E-state index contributed by atoms with van der Waals surface area (Å²) in [5.74, 6) is 0. The van der Waals surface area contributed by atoms with Gasteiger partial charge in [0, 0.05) is 25.9 Å². The molecule has 2 saturated heterocycles. The average molecular weight is 141 g/mol. The highest BCUT2D eigenvalue weighted by Gasteiger charge is 2.33. The lowest BCUT2D eigenvalue weighted by molar-refractivity contribution is -0.923. The van der Waals surface area contributed by atoms with Crippen molar-refractivity contribution in [2.24, 2.45) is 0 Å². The third kappa shape index (κ3) is 0.956. The van der Waals surface area contributed by atoms with E-state index >= 15 is 0 Å². The smallest absolute Gasteiger partial charge is 0.143 e. The van der Waals surface area contributed by atoms with E-state index in [9.17, 15) is 0 Å². The van der Waals surface area contributed by atoms with E-state index in [0.717, 1.165) is 6.17 Å². The molecule has 0 radical (unpaired) electrons. The minimum atomic E-state index is 0.883. The van der Waals surface area contributed by atoms with E-state index in [2.05, 4.69) is 11.9 Å². The summed E-state index contributed by atoms with van der Waals surface area (Å²) in [6, 6.07) is 0. The van der Waals surface area contributed by atoms with Crippen LogP contribution >= 0.6 is 0 Å². The van der Waals surface area contributed by atoms with Crippen molar-refractivity contribution in [1.29, 1.82) is 0 Å². The highest BCUT2D eigenvalue weighted by Crippen LogP contribution is 2.14. The van der Waals surface area contributed by atoms with Gasteiger partial charge in [-0.1, -0.05) is 0 Å². The number of rotatable bonds is 0. The number of quaternary nitrogens is 1. The summed E-state index contributed by atoms with van der Waals surface area (Å²) in [7, 11) is 2.34. The van der Waals surface area contributed by atoms with Crippen molar-refractivity contribution in [2.75, 3.05) is 26.7 Å². The largest absolute Gasteiger partial charge is 0.322 e. The fourth-order valence-corrected chi connectivity index (χ4v) is 2.38. The standard InChI is InChI=1S/C8H16N2/c1-9-5-3-7-10-6-2-4-8(9)10/h8H,2-7H2,1H3/p+1. The van der Waals surface area contributed by atoms with E-state index in [-0.39, 0.29) is 0 Å². The molecular formula is C8H17N2+. The molecule has 2 nitrogen and oxygen atoms in total. The van der Waals surface area contributed by atoms with Crippen LogP contribution in [0.1, 0.15) is 19.3 Å². The monoisotopic (exact) mass is 141 g/mol. The van der Waals surface area contributed by atoms with Crippen LogP contribution in [0.25, 0.3) is 0 Å². The van der Waals surface area contributed by atoms with Gasteiger partial charge >= 0.3 is 0 Å². The van der Waals surface area contributed by atoms with Gasteiger partial charge in [0.15, 0.2) is 0 Å². The lowest BCUT2D eigenvalue weighted by atomic mass is 10.2. The van der Waals surface area contributed by atoms with Gasteiger partial charge < -0.3 is 4.90 Å². The van der Waals surface area contributed by atoms with Crippen LogP contribution in [-0.4, -0.2) is 37.7 Å². The number of fused-ring (bicyclic) bond motifs is 1. The van der Waals surface area contributed by atoms with Crippen LogP contribution < -0.4 is 4.90 Å². The molecule has 0 aromatic rings. The number of hydrogen-bond donors (Lipinski definition) is 1. The molecule has 2 rings (SSSR count). The molecule has 58 valence electrons. The molecule has 0 amide bonds. The van der Waals surface area contributed by atoms with Gasteiger partial charge in [-0.2, -0.15) is 0 Å². The summed E-state index contributed by atoms with van der Waals surface area (Å²) in [6.07, 6.45) is 5.16. The molecule has 10 heavy (non-hydrogen) atoms.